The summed E-state index contributed by atoms with van der Waals surface area (Å²) in [6.07, 6.45) is 4.53. The molecule has 0 spiro atoms. The minimum Gasteiger partial charge on any atom is -0.393 e. The molecule has 2 fully saturated rings. The number of hydrogen-bond donors (Lipinski definition) is 3. The van der Waals surface area contributed by atoms with E-state index in [1.54, 1.807) is 19.9 Å². The summed E-state index contributed by atoms with van der Waals surface area (Å²) in [6, 6.07) is 0. The van der Waals surface area contributed by atoms with Crippen molar-refractivity contribution in [2.45, 2.75) is 84.0 Å². The Kier molecular flexibility index (Phi) is 3.88. The van der Waals surface area contributed by atoms with Crippen molar-refractivity contribution < 1.29 is 20.1 Å². The van der Waals surface area contributed by atoms with E-state index < -0.39 is 11.2 Å². The van der Waals surface area contributed by atoms with E-state index >= 15 is 0 Å². The molecule has 0 aliphatic heterocycles. The van der Waals surface area contributed by atoms with Gasteiger partial charge in [-0.25, -0.2) is 0 Å². The lowest BCUT2D eigenvalue weighted by Gasteiger charge is -2.60. The molecule has 0 heterocycles. The van der Waals surface area contributed by atoms with Gasteiger partial charge in [0.05, 0.1) is 11.7 Å². The molecule has 2 saturated carbocycles. The fourth-order valence-electron chi connectivity index (χ4n) is 5.68. The molecule has 3 rings (SSSR count). The Balaban J connectivity index is 2.05. The van der Waals surface area contributed by atoms with E-state index in [4.69, 9.17) is 0 Å². The van der Waals surface area contributed by atoms with Crippen LogP contribution in [-0.2, 0) is 4.79 Å². The van der Waals surface area contributed by atoms with Crippen molar-refractivity contribution in [3.8, 4) is 0 Å². The molecule has 5 atom stereocenters. The molecule has 0 aromatic carbocycles. The van der Waals surface area contributed by atoms with E-state index in [-0.39, 0.29) is 34.6 Å². The van der Waals surface area contributed by atoms with Gasteiger partial charge in [-0.15, -0.1) is 0 Å². The zero-order valence-electron chi connectivity index (χ0n) is 15.6. The number of aliphatic hydroxyl groups excluding tert-OH is 1. The minimum absolute atomic E-state index is 0.0383. The number of carbonyl (C=O) groups excluding carboxylic acids is 1. The fourth-order valence-corrected chi connectivity index (χ4v) is 5.68. The second kappa shape index (κ2) is 5.15. The number of carbonyl (C=O) groups is 1. The van der Waals surface area contributed by atoms with Crippen LogP contribution >= 0.6 is 0 Å². The van der Waals surface area contributed by atoms with Gasteiger partial charge in [0.1, 0.15) is 5.60 Å². The molecule has 3 N–H and O–H groups in total. The summed E-state index contributed by atoms with van der Waals surface area (Å²) in [5.74, 6) is 0.335. The normalized spacial score (nSPS) is 45.2. The van der Waals surface area contributed by atoms with Crippen LogP contribution in [-0.4, -0.2) is 38.4 Å². The average molecular weight is 336 g/mol. The van der Waals surface area contributed by atoms with Crippen LogP contribution in [0.15, 0.2) is 11.6 Å². The Morgan fingerprint density at radius 1 is 1.17 bits per heavy atom. The van der Waals surface area contributed by atoms with E-state index in [0.717, 1.165) is 12.8 Å². The molecule has 0 aromatic heterocycles. The molecule has 0 aromatic rings. The van der Waals surface area contributed by atoms with Crippen molar-refractivity contribution in [2.75, 3.05) is 0 Å². The minimum atomic E-state index is -1.35. The third kappa shape index (κ3) is 2.33. The van der Waals surface area contributed by atoms with Gasteiger partial charge in [0.2, 0.25) is 0 Å². The molecular weight excluding hydrogens is 304 g/mol. The first kappa shape index (κ1) is 18.1. The van der Waals surface area contributed by atoms with Gasteiger partial charge in [-0.1, -0.05) is 20.8 Å². The van der Waals surface area contributed by atoms with Crippen LogP contribution in [0.5, 0.6) is 0 Å². The summed E-state index contributed by atoms with van der Waals surface area (Å²) in [7, 11) is 0. The Labute approximate surface area is 145 Å². The third-order valence-electron chi connectivity index (χ3n) is 7.66. The average Bonchev–Trinajstić information content (AvgIpc) is 2.46. The van der Waals surface area contributed by atoms with Gasteiger partial charge in [-0.05, 0) is 73.8 Å². The number of rotatable bonds is 1. The lowest BCUT2D eigenvalue weighted by molar-refractivity contribution is -0.155. The van der Waals surface area contributed by atoms with E-state index in [1.165, 1.54) is 0 Å². The van der Waals surface area contributed by atoms with Crippen molar-refractivity contribution in [1.82, 2.24) is 0 Å². The predicted octanol–water partition coefficient (Wildman–Crippen LogP) is 2.60. The summed E-state index contributed by atoms with van der Waals surface area (Å²) in [5, 5.41) is 31.7. The van der Waals surface area contributed by atoms with Gasteiger partial charge >= 0.3 is 0 Å². The number of aliphatic hydroxyl groups is 3. The lowest BCUT2D eigenvalue weighted by Crippen LogP contribution is -2.59. The summed E-state index contributed by atoms with van der Waals surface area (Å²) < 4.78 is 0. The number of hydrogen-bond acceptors (Lipinski definition) is 4. The highest BCUT2D eigenvalue weighted by Crippen LogP contribution is 2.62. The maximum absolute atomic E-state index is 12.9. The van der Waals surface area contributed by atoms with Gasteiger partial charge < -0.3 is 15.3 Å². The van der Waals surface area contributed by atoms with Crippen LogP contribution in [0.25, 0.3) is 0 Å². The zero-order valence-corrected chi connectivity index (χ0v) is 15.6. The highest BCUT2D eigenvalue weighted by molar-refractivity contribution is 5.97. The quantitative estimate of drug-likeness (QED) is 0.688. The Hall–Kier alpha value is -0.710. The smallest absolute Gasteiger partial charge is 0.159 e. The third-order valence-corrected chi connectivity index (χ3v) is 7.66. The first-order valence-electron chi connectivity index (χ1n) is 9.22. The van der Waals surface area contributed by atoms with Gasteiger partial charge in [0, 0.05) is 6.42 Å². The Morgan fingerprint density at radius 3 is 2.38 bits per heavy atom. The molecular formula is C20H32O4. The van der Waals surface area contributed by atoms with Gasteiger partial charge in [0.15, 0.2) is 5.78 Å². The van der Waals surface area contributed by atoms with Gasteiger partial charge in [0.25, 0.3) is 0 Å². The molecule has 4 nitrogen and oxygen atoms in total. The Bertz CT molecular complexity index is 585. The SMILES string of the molecule is CC1(C)C(O)CCC2(C)C3CCC(O)(C(C)(C)O)C=C3C(=O)CC12. The lowest BCUT2D eigenvalue weighted by atomic mass is 9.45. The first-order chi connectivity index (χ1) is 10.8. The molecule has 3 aliphatic rings. The predicted molar refractivity (Wildman–Crippen MR) is 92.3 cm³/mol. The van der Waals surface area contributed by atoms with Gasteiger partial charge in [-0.3, -0.25) is 4.79 Å². The topological polar surface area (TPSA) is 77.8 Å². The molecule has 24 heavy (non-hydrogen) atoms. The molecule has 0 bridgehead atoms. The van der Waals surface area contributed by atoms with Gasteiger partial charge in [-0.2, -0.15) is 0 Å². The van der Waals surface area contributed by atoms with E-state index in [0.29, 0.717) is 24.8 Å². The van der Waals surface area contributed by atoms with Crippen LogP contribution in [0.1, 0.15) is 66.7 Å². The highest BCUT2D eigenvalue weighted by atomic mass is 16.4. The van der Waals surface area contributed by atoms with Crippen molar-refractivity contribution in [2.24, 2.45) is 22.7 Å². The second-order valence-electron chi connectivity index (χ2n) is 9.74. The molecule has 0 radical (unpaired) electrons. The summed E-state index contributed by atoms with van der Waals surface area (Å²) in [4.78, 5) is 12.9. The van der Waals surface area contributed by atoms with E-state index in [1.807, 2.05) is 0 Å². The monoisotopic (exact) mass is 336 g/mol. The maximum Gasteiger partial charge on any atom is 0.159 e. The second-order valence-corrected chi connectivity index (χ2v) is 9.74. The summed E-state index contributed by atoms with van der Waals surface area (Å²) >= 11 is 0. The zero-order chi connectivity index (χ0) is 18.1. The van der Waals surface area contributed by atoms with E-state index in [9.17, 15) is 20.1 Å². The molecule has 136 valence electrons. The van der Waals surface area contributed by atoms with Crippen LogP contribution in [0.3, 0.4) is 0 Å². The molecule has 3 aliphatic carbocycles. The van der Waals surface area contributed by atoms with Crippen molar-refractivity contribution in [1.29, 1.82) is 0 Å². The van der Waals surface area contributed by atoms with Crippen molar-refractivity contribution in [3.05, 3.63) is 11.6 Å². The standard InChI is InChI=1S/C20H32O4/c1-17(2)15-10-14(21)12-11-20(24,18(3,4)23)9-6-13(12)19(15,5)8-7-16(17)22/h11,13,15-16,22-24H,6-10H2,1-5H3. The number of allylic oxidation sites excluding steroid dienone is 1. The maximum atomic E-state index is 12.9. The van der Waals surface area contributed by atoms with Crippen LogP contribution in [0, 0.1) is 22.7 Å². The van der Waals surface area contributed by atoms with Crippen LogP contribution in [0.2, 0.25) is 0 Å². The first-order valence-corrected chi connectivity index (χ1v) is 9.22. The largest absolute Gasteiger partial charge is 0.393 e. The van der Waals surface area contributed by atoms with Crippen molar-refractivity contribution >= 4 is 5.78 Å². The molecule has 0 amide bonds. The number of fused-ring (bicyclic) bond motifs is 3. The fraction of sp³-hybridized carbons (Fsp3) is 0.850. The number of Topliss-reactive ketones (excluding diaryl/α,β-unsaturated/α-hetero) is 1. The van der Waals surface area contributed by atoms with Crippen molar-refractivity contribution in [3.63, 3.8) is 0 Å². The summed E-state index contributed by atoms with van der Waals surface area (Å²) in [5.41, 5.74) is -2.23. The van der Waals surface area contributed by atoms with Crippen LogP contribution < -0.4 is 0 Å². The van der Waals surface area contributed by atoms with E-state index in [2.05, 4.69) is 20.8 Å². The summed E-state index contributed by atoms with van der Waals surface area (Å²) in [6.45, 7) is 9.62. The van der Waals surface area contributed by atoms with Crippen LogP contribution in [0.4, 0.5) is 0 Å². The molecule has 4 heteroatoms. The highest BCUT2D eigenvalue weighted by Gasteiger charge is 2.60. The number of ketones is 1. The Morgan fingerprint density at radius 2 is 1.79 bits per heavy atom. The molecule has 5 unspecified atom stereocenters. The molecule has 0 saturated heterocycles.